The monoisotopic (exact) mass is 460 g/mol. The number of halogens is 2. The van der Waals surface area contributed by atoms with Crippen molar-refractivity contribution in [3.05, 3.63) is 69.6 Å². The maximum absolute atomic E-state index is 14.1. The number of nitrogens with zero attached hydrogens (tertiary/aromatic N) is 1. The molecule has 2 atom stereocenters. The number of carbonyl (C=O) groups is 2. The van der Waals surface area contributed by atoms with Crippen LogP contribution in [-0.2, 0) is 16.6 Å². The van der Waals surface area contributed by atoms with Gasteiger partial charge in [-0.1, -0.05) is 35.9 Å². The van der Waals surface area contributed by atoms with Crippen molar-refractivity contribution < 1.29 is 23.8 Å². The van der Waals surface area contributed by atoms with Gasteiger partial charge in [0.2, 0.25) is 0 Å². The van der Waals surface area contributed by atoms with Crippen LogP contribution in [0.15, 0.2) is 36.4 Å². The van der Waals surface area contributed by atoms with Crippen molar-refractivity contribution in [3.63, 3.8) is 0 Å². The van der Waals surface area contributed by atoms with Crippen molar-refractivity contribution in [3.8, 4) is 0 Å². The van der Waals surface area contributed by atoms with Crippen molar-refractivity contribution >= 4 is 34.4 Å². The van der Waals surface area contributed by atoms with E-state index in [1.165, 1.54) is 6.07 Å². The lowest BCUT2D eigenvalue weighted by Gasteiger charge is -2.18. The van der Waals surface area contributed by atoms with Crippen LogP contribution < -0.4 is 5.32 Å². The molecule has 1 amide bonds. The zero-order valence-corrected chi connectivity index (χ0v) is 19.2. The number of esters is 1. The Balaban J connectivity index is 1.83. The van der Waals surface area contributed by atoms with Crippen LogP contribution in [0.2, 0.25) is 5.02 Å². The highest BCUT2D eigenvalue weighted by atomic mass is 35.5. The first-order valence-electron chi connectivity index (χ1n) is 10.3. The van der Waals surface area contributed by atoms with Crippen LogP contribution in [-0.4, -0.2) is 34.8 Å². The number of hydrogen-bond acceptors (Lipinski definition) is 4. The lowest BCUT2D eigenvalue weighted by atomic mass is 9.98. The van der Waals surface area contributed by atoms with Crippen LogP contribution in [0, 0.1) is 12.7 Å². The van der Waals surface area contributed by atoms with Gasteiger partial charge in [0.05, 0.1) is 35.7 Å². The summed E-state index contributed by atoms with van der Waals surface area (Å²) in [5, 5.41) is 13.5. The van der Waals surface area contributed by atoms with Crippen molar-refractivity contribution in [2.45, 2.75) is 32.7 Å². The molecule has 3 aromatic rings. The standard InChI is InChI=1S/C24H26ClFN2O4/c1-5-32-24(31)13(2)15-6-8-16(9-7-15)19(12-29)27-23(30)21-10-17-20(28(21)4)11-18(26)14(3)22(17)25/h6-11,13,19,29H,5,12H2,1-4H3,(H,27,30)/t13?,19-/m1/s1. The number of ether oxygens (including phenoxy) is 1. The van der Waals surface area contributed by atoms with Gasteiger partial charge in [-0.25, -0.2) is 4.39 Å². The quantitative estimate of drug-likeness (QED) is 0.512. The van der Waals surface area contributed by atoms with Gasteiger partial charge in [0.15, 0.2) is 0 Å². The molecule has 0 aliphatic carbocycles. The number of aliphatic hydroxyl groups excluding tert-OH is 1. The molecule has 6 nitrogen and oxygen atoms in total. The number of carbonyl (C=O) groups excluding carboxylic acids is 2. The van der Waals surface area contributed by atoms with E-state index in [4.69, 9.17) is 16.3 Å². The Morgan fingerprint density at radius 3 is 2.44 bits per heavy atom. The predicted molar refractivity (Wildman–Crippen MR) is 121 cm³/mol. The lowest BCUT2D eigenvalue weighted by Crippen LogP contribution is -2.32. The molecule has 1 unspecified atom stereocenters. The molecule has 0 saturated carbocycles. The van der Waals surface area contributed by atoms with Crippen LogP contribution in [0.1, 0.15) is 53.0 Å². The summed E-state index contributed by atoms with van der Waals surface area (Å²) in [4.78, 5) is 24.9. The first kappa shape index (κ1) is 23.8. The average Bonchev–Trinajstić information content (AvgIpc) is 3.12. The molecule has 0 fully saturated rings. The normalized spacial score (nSPS) is 13.1. The largest absolute Gasteiger partial charge is 0.466 e. The number of fused-ring (bicyclic) bond motifs is 1. The third-order valence-electron chi connectivity index (χ3n) is 5.67. The van der Waals surface area contributed by atoms with Gasteiger partial charge < -0.3 is 19.7 Å². The first-order valence-corrected chi connectivity index (χ1v) is 10.7. The Morgan fingerprint density at radius 1 is 1.22 bits per heavy atom. The highest BCUT2D eigenvalue weighted by Gasteiger charge is 2.22. The van der Waals surface area contributed by atoms with E-state index in [1.807, 2.05) is 0 Å². The van der Waals surface area contributed by atoms with E-state index in [-0.39, 0.29) is 23.3 Å². The SMILES string of the molecule is CCOC(=O)C(C)c1ccc([C@@H](CO)NC(=O)c2cc3c(Cl)c(C)c(F)cc3n2C)cc1. The number of nitrogens with one attached hydrogen (secondary N) is 1. The second-order valence-electron chi connectivity index (χ2n) is 7.67. The number of hydrogen-bond donors (Lipinski definition) is 2. The Morgan fingerprint density at radius 2 is 1.84 bits per heavy atom. The minimum absolute atomic E-state index is 0.264. The highest BCUT2D eigenvalue weighted by molar-refractivity contribution is 6.36. The minimum Gasteiger partial charge on any atom is -0.466 e. The summed E-state index contributed by atoms with van der Waals surface area (Å²) in [7, 11) is 1.65. The second kappa shape index (κ2) is 9.71. The van der Waals surface area contributed by atoms with Gasteiger partial charge in [0, 0.05) is 18.0 Å². The number of amides is 1. The molecule has 170 valence electrons. The molecule has 2 N–H and O–H groups in total. The van der Waals surface area contributed by atoms with E-state index in [1.54, 1.807) is 62.7 Å². The summed E-state index contributed by atoms with van der Waals surface area (Å²) in [5.41, 5.74) is 2.57. The number of rotatable bonds is 7. The van der Waals surface area contributed by atoms with E-state index in [2.05, 4.69) is 5.32 Å². The Hall–Kier alpha value is -2.90. The van der Waals surface area contributed by atoms with Gasteiger partial charge in [0.1, 0.15) is 11.5 Å². The van der Waals surface area contributed by atoms with Crippen molar-refractivity contribution in [1.82, 2.24) is 9.88 Å². The maximum atomic E-state index is 14.1. The topological polar surface area (TPSA) is 80.6 Å². The van der Waals surface area contributed by atoms with Gasteiger partial charge in [0.25, 0.3) is 5.91 Å². The fraction of sp³-hybridized carbons (Fsp3) is 0.333. The Bertz CT molecular complexity index is 1160. The Labute approximate surface area is 190 Å². The summed E-state index contributed by atoms with van der Waals surface area (Å²) in [6.07, 6.45) is 0. The van der Waals surface area contributed by atoms with Crippen LogP contribution in [0.3, 0.4) is 0 Å². The molecule has 1 heterocycles. The van der Waals surface area contributed by atoms with E-state index < -0.39 is 23.7 Å². The summed E-state index contributed by atoms with van der Waals surface area (Å²) in [6, 6.07) is 9.34. The van der Waals surface area contributed by atoms with Crippen molar-refractivity contribution in [1.29, 1.82) is 0 Å². The zero-order chi connectivity index (χ0) is 23.6. The van der Waals surface area contributed by atoms with Crippen LogP contribution >= 0.6 is 11.6 Å². The summed E-state index contributed by atoms with van der Waals surface area (Å²) >= 11 is 6.27. The Kier molecular flexibility index (Phi) is 7.21. The number of benzene rings is 2. The summed E-state index contributed by atoms with van der Waals surface area (Å²) in [5.74, 6) is -1.61. The van der Waals surface area contributed by atoms with E-state index in [0.717, 1.165) is 5.56 Å². The molecule has 8 heteroatoms. The van der Waals surface area contributed by atoms with Crippen molar-refractivity contribution in [2.24, 2.45) is 7.05 Å². The van der Waals surface area contributed by atoms with Crippen LogP contribution in [0.5, 0.6) is 0 Å². The van der Waals surface area contributed by atoms with Crippen molar-refractivity contribution in [2.75, 3.05) is 13.2 Å². The summed E-state index contributed by atoms with van der Waals surface area (Å²) in [6.45, 7) is 5.08. The molecule has 3 rings (SSSR count). The molecule has 2 aromatic carbocycles. The lowest BCUT2D eigenvalue weighted by molar-refractivity contribution is -0.144. The third-order valence-corrected chi connectivity index (χ3v) is 6.15. The molecule has 0 saturated heterocycles. The number of aryl methyl sites for hydroxylation is 1. The van der Waals surface area contributed by atoms with Crippen LogP contribution in [0.4, 0.5) is 4.39 Å². The molecular weight excluding hydrogens is 435 g/mol. The summed E-state index contributed by atoms with van der Waals surface area (Å²) < 4.78 is 20.7. The zero-order valence-electron chi connectivity index (χ0n) is 18.4. The number of aliphatic hydroxyl groups is 1. The van der Waals surface area contributed by atoms with E-state index >= 15 is 0 Å². The molecule has 0 spiro atoms. The van der Waals surface area contributed by atoms with Gasteiger partial charge in [-0.2, -0.15) is 0 Å². The van der Waals surface area contributed by atoms with Gasteiger partial charge in [-0.15, -0.1) is 0 Å². The number of aromatic nitrogens is 1. The fourth-order valence-electron chi connectivity index (χ4n) is 3.61. The maximum Gasteiger partial charge on any atom is 0.313 e. The molecular formula is C24H26ClFN2O4. The fourth-order valence-corrected chi connectivity index (χ4v) is 3.85. The van der Waals surface area contributed by atoms with E-state index in [0.29, 0.717) is 28.6 Å². The predicted octanol–water partition coefficient (Wildman–Crippen LogP) is 4.41. The van der Waals surface area contributed by atoms with Crippen LogP contribution in [0.25, 0.3) is 10.9 Å². The van der Waals surface area contributed by atoms with E-state index in [9.17, 15) is 19.1 Å². The van der Waals surface area contributed by atoms with Gasteiger partial charge in [-0.3, -0.25) is 9.59 Å². The highest BCUT2D eigenvalue weighted by Crippen LogP contribution is 2.31. The molecule has 0 bridgehead atoms. The molecule has 0 aliphatic rings. The molecule has 0 aliphatic heterocycles. The minimum atomic E-state index is -0.665. The van der Waals surface area contributed by atoms with Gasteiger partial charge >= 0.3 is 5.97 Å². The second-order valence-corrected chi connectivity index (χ2v) is 8.05. The average molecular weight is 461 g/mol. The molecule has 32 heavy (non-hydrogen) atoms. The third kappa shape index (κ3) is 4.49. The molecule has 0 radical (unpaired) electrons. The first-order chi connectivity index (χ1) is 15.2. The smallest absolute Gasteiger partial charge is 0.313 e. The van der Waals surface area contributed by atoms with Gasteiger partial charge in [-0.05, 0) is 44.0 Å². The molecule has 1 aromatic heterocycles.